The Hall–Kier alpha value is -0.940. The lowest BCUT2D eigenvalue weighted by molar-refractivity contribution is -0.206. The molecule has 19 heavy (non-hydrogen) atoms. The van der Waals surface area contributed by atoms with Gasteiger partial charge in [0, 0.05) is 13.5 Å². The maximum atomic E-state index is 6.15. The van der Waals surface area contributed by atoms with E-state index in [4.69, 9.17) is 18.9 Å². The van der Waals surface area contributed by atoms with Crippen molar-refractivity contribution < 1.29 is 18.9 Å². The summed E-state index contributed by atoms with van der Waals surface area (Å²) in [4.78, 5) is 0. The molecule has 2 aliphatic rings. The van der Waals surface area contributed by atoms with Crippen molar-refractivity contribution in [2.24, 2.45) is 0 Å². The van der Waals surface area contributed by atoms with Gasteiger partial charge in [-0.1, -0.05) is 30.3 Å². The van der Waals surface area contributed by atoms with E-state index in [1.54, 1.807) is 7.11 Å². The van der Waals surface area contributed by atoms with Gasteiger partial charge in [-0.3, -0.25) is 0 Å². The third kappa shape index (κ3) is 2.67. The molecule has 1 aromatic rings. The SMILES string of the molecule is CO[C@@H]1C[C@H](OC(C)c2ccccc2)[C@H]2CO[C@@H]1O2. The molecule has 0 saturated carbocycles. The van der Waals surface area contributed by atoms with Crippen molar-refractivity contribution in [3.8, 4) is 0 Å². The molecule has 3 rings (SSSR count). The van der Waals surface area contributed by atoms with E-state index in [2.05, 4.69) is 19.1 Å². The fourth-order valence-electron chi connectivity index (χ4n) is 2.74. The van der Waals surface area contributed by atoms with Crippen LogP contribution in [0.3, 0.4) is 0 Å². The van der Waals surface area contributed by atoms with Crippen LogP contribution in [0.1, 0.15) is 25.0 Å². The van der Waals surface area contributed by atoms with Gasteiger partial charge in [-0.15, -0.1) is 0 Å². The Bertz CT molecular complexity index is 408. The quantitative estimate of drug-likeness (QED) is 0.836. The highest BCUT2D eigenvalue weighted by atomic mass is 16.7. The zero-order chi connectivity index (χ0) is 13.2. The van der Waals surface area contributed by atoms with Crippen molar-refractivity contribution in [3.05, 3.63) is 35.9 Å². The molecular weight excluding hydrogens is 244 g/mol. The van der Waals surface area contributed by atoms with Gasteiger partial charge in [-0.25, -0.2) is 0 Å². The normalized spacial score (nSPS) is 35.3. The molecule has 0 aliphatic carbocycles. The average Bonchev–Trinajstić information content (AvgIpc) is 2.88. The second-order valence-corrected chi connectivity index (χ2v) is 5.11. The van der Waals surface area contributed by atoms with Crippen LogP contribution >= 0.6 is 0 Å². The highest BCUT2D eigenvalue weighted by Gasteiger charge is 2.45. The van der Waals surface area contributed by atoms with Gasteiger partial charge in [-0.2, -0.15) is 0 Å². The first-order valence-corrected chi connectivity index (χ1v) is 6.78. The summed E-state index contributed by atoms with van der Waals surface area (Å²) < 4.78 is 22.9. The van der Waals surface area contributed by atoms with E-state index in [0.29, 0.717) is 6.61 Å². The molecule has 2 fully saturated rings. The Morgan fingerprint density at radius 2 is 2.00 bits per heavy atom. The van der Waals surface area contributed by atoms with Crippen LogP contribution in [0.2, 0.25) is 0 Å². The molecule has 4 nitrogen and oxygen atoms in total. The number of rotatable bonds is 4. The molecular formula is C15H20O4. The second kappa shape index (κ2) is 5.59. The van der Waals surface area contributed by atoms with E-state index < -0.39 is 0 Å². The Morgan fingerprint density at radius 1 is 1.21 bits per heavy atom. The van der Waals surface area contributed by atoms with Gasteiger partial charge < -0.3 is 18.9 Å². The van der Waals surface area contributed by atoms with Crippen molar-refractivity contribution in [1.82, 2.24) is 0 Å². The van der Waals surface area contributed by atoms with Crippen LogP contribution in [0.4, 0.5) is 0 Å². The van der Waals surface area contributed by atoms with Gasteiger partial charge in [0.25, 0.3) is 0 Å². The van der Waals surface area contributed by atoms with Gasteiger partial charge in [-0.05, 0) is 12.5 Å². The molecule has 104 valence electrons. The highest BCUT2D eigenvalue weighted by molar-refractivity contribution is 5.17. The lowest BCUT2D eigenvalue weighted by atomic mass is 10.0. The Kier molecular flexibility index (Phi) is 3.84. The lowest BCUT2D eigenvalue weighted by Gasteiger charge is -2.34. The summed E-state index contributed by atoms with van der Waals surface area (Å²) in [5, 5.41) is 0. The number of ether oxygens (including phenoxy) is 4. The fourth-order valence-corrected chi connectivity index (χ4v) is 2.74. The topological polar surface area (TPSA) is 36.9 Å². The van der Waals surface area contributed by atoms with Crippen LogP contribution in [-0.4, -0.2) is 38.3 Å². The lowest BCUT2D eigenvalue weighted by Crippen LogP contribution is -2.44. The minimum atomic E-state index is -0.220. The van der Waals surface area contributed by atoms with Crippen LogP contribution in [0.25, 0.3) is 0 Å². The Morgan fingerprint density at radius 3 is 2.74 bits per heavy atom. The summed E-state index contributed by atoms with van der Waals surface area (Å²) in [6.07, 6.45) is 0.669. The first kappa shape index (κ1) is 13.1. The van der Waals surface area contributed by atoms with E-state index in [-0.39, 0.29) is 30.7 Å². The fraction of sp³-hybridized carbons (Fsp3) is 0.600. The minimum absolute atomic E-state index is 0.0268. The van der Waals surface area contributed by atoms with Crippen LogP contribution in [0, 0.1) is 0 Å². The summed E-state index contributed by atoms with van der Waals surface area (Å²) in [6.45, 7) is 2.66. The molecule has 1 unspecified atom stereocenters. The molecule has 2 saturated heterocycles. The molecule has 1 aromatic carbocycles. The minimum Gasteiger partial charge on any atom is -0.376 e. The first-order chi connectivity index (χ1) is 9.28. The smallest absolute Gasteiger partial charge is 0.184 e. The molecule has 0 amide bonds. The second-order valence-electron chi connectivity index (χ2n) is 5.11. The van der Waals surface area contributed by atoms with Gasteiger partial charge >= 0.3 is 0 Å². The van der Waals surface area contributed by atoms with Crippen LogP contribution in [0.5, 0.6) is 0 Å². The van der Waals surface area contributed by atoms with Gasteiger partial charge in [0.15, 0.2) is 6.29 Å². The zero-order valence-corrected chi connectivity index (χ0v) is 11.3. The van der Waals surface area contributed by atoms with Crippen molar-refractivity contribution in [2.75, 3.05) is 13.7 Å². The van der Waals surface area contributed by atoms with E-state index >= 15 is 0 Å². The highest BCUT2D eigenvalue weighted by Crippen LogP contribution is 2.33. The van der Waals surface area contributed by atoms with Crippen molar-refractivity contribution in [3.63, 3.8) is 0 Å². The summed E-state index contributed by atoms with van der Waals surface area (Å²) >= 11 is 0. The van der Waals surface area contributed by atoms with Crippen LogP contribution in [-0.2, 0) is 18.9 Å². The standard InChI is InChI=1S/C15H20O4/c1-10(11-6-4-3-5-7-11)18-12-8-13(16-2)15-17-9-14(12)19-15/h3-7,10,12-15H,8-9H2,1-2H3/t10?,12-,13+,14+,15+/m0/s1. The van der Waals surface area contributed by atoms with Crippen LogP contribution < -0.4 is 0 Å². The molecule has 2 bridgehead atoms. The molecule has 2 heterocycles. The van der Waals surface area contributed by atoms with E-state index in [0.717, 1.165) is 6.42 Å². The number of methoxy groups -OCH3 is 1. The average molecular weight is 264 g/mol. The molecule has 0 N–H and O–H groups in total. The largest absolute Gasteiger partial charge is 0.376 e. The third-order valence-electron chi connectivity index (χ3n) is 3.87. The molecule has 0 spiro atoms. The summed E-state index contributed by atoms with van der Waals surface area (Å²) in [6, 6.07) is 10.2. The molecule has 2 aliphatic heterocycles. The maximum Gasteiger partial charge on any atom is 0.184 e. The summed E-state index contributed by atoms with van der Waals surface area (Å²) in [5.41, 5.74) is 1.18. The zero-order valence-electron chi connectivity index (χ0n) is 11.3. The van der Waals surface area contributed by atoms with Gasteiger partial charge in [0.2, 0.25) is 0 Å². The third-order valence-corrected chi connectivity index (χ3v) is 3.87. The summed E-state index contributed by atoms with van der Waals surface area (Å²) in [7, 11) is 1.69. The summed E-state index contributed by atoms with van der Waals surface area (Å²) in [5.74, 6) is 0. The number of hydrogen-bond acceptors (Lipinski definition) is 4. The maximum absolute atomic E-state index is 6.15. The Labute approximate surface area is 113 Å². The van der Waals surface area contributed by atoms with Gasteiger partial charge in [0.1, 0.15) is 12.2 Å². The van der Waals surface area contributed by atoms with E-state index in [9.17, 15) is 0 Å². The molecule has 5 atom stereocenters. The predicted molar refractivity (Wildman–Crippen MR) is 69.8 cm³/mol. The van der Waals surface area contributed by atoms with Crippen LogP contribution in [0.15, 0.2) is 30.3 Å². The molecule has 0 radical (unpaired) electrons. The van der Waals surface area contributed by atoms with E-state index in [1.807, 2.05) is 18.2 Å². The number of hydrogen-bond donors (Lipinski definition) is 0. The molecule has 0 aromatic heterocycles. The Balaban J connectivity index is 1.66. The van der Waals surface area contributed by atoms with E-state index in [1.165, 1.54) is 5.56 Å². The van der Waals surface area contributed by atoms with Crippen molar-refractivity contribution in [2.45, 2.75) is 44.1 Å². The molecule has 4 heteroatoms. The number of fused-ring (bicyclic) bond motifs is 2. The predicted octanol–water partition coefficient (Wildman–Crippen LogP) is 2.29. The van der Waals surface area contributed by atoms with Crippen molar-refractivity contribution >= 4 is 0 Å². The first-order valence-electron chi connectivity index (χ1n) is 6.78. The van der Waals surface area contributed by atoms with Gasteiger partial charge in [0.05, 0.1) is 18.8 Å². The van der Waals surface area contributed by atoms with Crippen molar-refractivity contribution in [1.29, 1.82) is 0 Å². The number of benzene rings is 1. The monoisotopic (exact) mass is 264 g/mol.